The topological polar surface area (TPSA) is 50.4 Å². The van der Waals surface area contributed by atoms with Gasteiger partial charge in [-0.2, -0.15) is 0 Å². The molecule has 1 amide bonds. The Kier molecular flexibility index (Phi) is 7.13. The largest absolute Gasteiger partial charge is 0.443 e. The van der Waals surface area contributed by atoms with Crippen molar-refractivity contribution in [3.63, 3.8) is 0 Å². The maximum absolute atomic E-state index is 11.4. The lowest BCUT2D eigenvalue weighted by Gasteiger charge is -2.22. The summed E-state index contributed by atoms with van der Waals surface area (Å²) < 4.78 is 5.13. The zero-order valence-corrected chi connectivity index (χ0v) is 11.2. The van der Waals surface area contributed by atoms with Crippen molar-refractivity contribution in [1.82, 2.24) is 10.9 Å². The summed E-state index contributed by atoms with van der Waals surface area (Å²) in [7, 11) is 0. The Morgan fingerprint density at radius 2 is 1.69 bits per heavy atom. The Balaban J connectivity index is 3.86. The molecule has 96 valence electrons. The molecule has 0 spiro atoms. The van der Waals surface area contributed by atoms with Crippen LogP contribution in [0.4, 0.5) is 4.79 Å². The van der Waals surface area contributed by atoms with Gasteiger partial charge in [-0.3, -0.25) is 5.43 Å². The van der Waals surface area contributed by atoms with Crippen molar-refractivity contribution < 1.29 is 9.53 Å². The van der Waals surface area contributed by atoms with Gasteiger partial charge in [0, 0.05) is 6.04 Å². The molecule has 0 bridgehead atoms. The lowest BCUT2D eigenvalue weighted by Crippen LogP contribution is -2.46. The van der Waals surface area contributed by atoms with Crippen LogP contribution >= 0.6 is 0 Å². The van der Waals surface area contributed by atoms with Crippen LogP contribution in [0.2, 0.25) is 0 Å². The minimum atomic E-state index is -0.448. The zero-order chi connectivity index (χ0) is 12.6. The second-order valence-corrected chi connectivity index (χ2v) is 5.05. The van der Waals surface area contributed by atoms with Crippen LogP contribution in [0.15, 0.2) is 0 Å². The van der Waals surface area contributed by atoms with Crippen LogP contribution in [0.25, 0.3) is 0 Å². The van der Waals surface area contributed by atoms with Gasteiger partial charge in [0.2, 0.25) is 0 Å². The second-order valence-electron chi connectivity index (χ2n) is 5.05. The zero-order valence-electron chi connectivity index (χ0n) is 11.2. The third-order valence-corrected chi connectivity index (χ3v) is 2.05. The predicted molar refractivity (Wildman–Crippen MR) is 66.1 cm³/mol. The molecule has 0 radical (unpaired) electrons. The summed E-state index contributed by atoms with van der Waals surface area (Å²) in [5.74, 6) is 0. The minimum Gasteiger partial charge on any atom is -0.443 e. The van der Waals surface area contributed by atoms with E-state index in [4.69, 9.17) is 4.74 Å². The molecular weight excluding hydrogens is 204 g/mol. The summed E-state index contributed by atoms with van der Waals surface area (Å²) in [4.78, 5) is 11.4. The fourth-order valence-corrected chi connectivity index (χ4v) is 1.45. The van der Waals surface area contributed by atoms with Crippen LogP contribution in [0.5, 0.6) is 0 Å². The standard InChI is InChI=1S/C12H26N2O2/c1-6-8-10(9-7-2)13-14-11(15)16-12(3,4)5/h10,13H,6-9H2,1-5H3,(H,14,15). The molecule has 16 heavy (non-hydrogen) atoms. The minimum absolute atomic E-state index is 0.336. The highest BCUT2D eigenvalue weighted by Gasteiger charge is 2.16. The van der Waals surface area contributed by atoms with Gasteiger partial charge in [0.1, 0.15) is 5.60 Å². The molecule has 0 heterocycles. The van der Waals surface area contributed by atoms with E-state index < -0.39 is 11.7 Å². The first kappa shape index (κ1) is 15.2. The number of carbonyl (C=O) groups is 1. The van der Waals surface area contributed by atoms with Crippen molar-refractivity contribution in [2.24, 2.45) is 0 Å². The number of rotatable bonds is 6. The molecule has 0 aliphatic rings. The number of amides is 1. The highest BCUT2D eigenvalue weighted by Crippen LogP contribution is 2.07. The fraction of sp³-hybridized carbons (Fsp3) is 0.917. The van der Waals surface area contributed by atoms with Gasteiger partial charge in [0.05, 0.1) is 0 Å². The smallest absolute Gasteiger partial charge is 0.422 e. The van der Waals surface area contributed by atoms with Crippen molar-refractivity contribution in [1.29, 1.82) is 0 Å². The van der Waals surface area contributed by atoms with Crippen molar-refractivity contribution in [2.75, 3.05) is 0 Å². The van der Waals surface area contributed by atoms with E-state index in [2.05, 4.69) is 24.7 Å². The molecule has 0 aromatic heterocycles. The van der Waals surface area contributed by atoms with Gasteiger partial charge in [-0.25, -0.2) is 10.2 Å². The lowest BCUT2D eigenvalue weighted by molar-refractivity contribution is 0.0485. The Morgan fingerprint density at radius 3 is 2.06 bits per heavy atom. The van der Waals surface area contributed by atoms with Crippen LogP contribution in [0, 0.1) is 0 Å². The van der Waals surface area contributed by atoms with E-state index in [9.17, 15) is 4.79 Å². The van der Waals surface area contributed by atoms with Gasteiger partial charge in [0.15, 0.2) is 0 Å². The van der Waals surface area contributed by atoms with Crippen LogP contribution < -0.4 is 10.9 Å². The SMILES string of the molecule is CCCC(CCC)NNC(=O)OC(C)(C)C. The summed E-state index contributed by atoms with van der Waals surface area (Å²) in [5.41, 5.74) is 5.17. The molecule has 0 saturated carbocycles. The molecule has 0 fully saturated rings. The van der Waals surface area contributed by atoms with Crippen LogP contribution in [0.3, 0.4) is 0 Å². The second kappa shape index (κ2) is 7.49. The number of ether oxygens (including phenoxy) is 1. The number of hydrogen-bond donors (Lipinski definition) is 2. The first-order valence-corrected chi connectivity index (χ1v) is 6.13. The highest BCUT2D eigenvalue weighted by atomic mass is 16.6. The van der Waals surface area contributed by atoms with E-state index in [1.165, 1.54) is 0 Å². The van der Waals surface area contributed by atoms with Crippen LogP contribution in [-0.4, -0.2) is 17.7 Å². The maximum Gasteiger partial charge on any atom is 0.422 e. The van der Waals surface area contributed by atoms with Gasteiger partial charge < -0.3 is 4.74 Å². The third-order valence-electron chi connectivity index (χ3n) is 2.05. The van der Waals surface area contributed by atoms with E-state index in [0.717, 1.165) is 25.7 Å². The molecule has 4 heteroatoms. The summed E-state index contributed by atoms with van der Waals surface area (Å²) >= 11 is 0. The van der Waals surface area contributed by atoms with Gasteiger partial charge >= 0.3 is 6.09 Å². The first-order valence-electron chi connectivity index (χ1n) is 6.13. The summed E-state index contributed by atoms with van der Waals surface area (Å²) in [6, 6.07) is 0.336. The highest BCUT2D eigenvalue weighted by molar-refractivity contribution is 5.67. The van der Waals surface area contributed by atoms with Gasteiger partial charge in [-0.1, -0.05) is 26.7 Å². The molecule has 0 saturated heterocycles. The Hall–Kier alpha value is -0.770. The van der Waals surface area contributed by atoms with Crippen LogP contribution in [0.1, 0.15) is 60.3 Å². The van der Waals surface area contributed by atoms with Crippen molar-refractivity contribution in [3.05, 3.63) is 0 Å². The number of carbonyl (C=O) groups excluding carboxylic acids is 1. The molecule has 0 atom stereocenters. The average molecular weight is 230 g/mol. The van der Waals surface area contributed by atoms with Crippen LogP contribution in [-0.2, 0) is 4.74 Å². The number of hydrogen-bond acceptors (Lipinski definition) is 3. The molecular formula is C12H26N2O2. The predicted octanol–water partition coefficient (Wildman–Crippen LogP) is 2.98. The molecule has 0 aliphatic heterocycles. The van der Waals surface area contributed by atoms with E-state index in [0.29, 0.717) is 6.04 Å². The molecule has 0 unspecified atom stereocenters. The molecule has 0 aromatic carbocycles. The Bertz CT molecular complexity index is 194. The molecule has 2 N–H and O–H groups in total. The van der Waals surface area contributed by atoms with Crippen molar-refractivity contribution in [3.8, 4) is 0 Å². The summed E-state index contributed by atoms with van der Waals surface area (Å²) in [6.07, 6.45) is 3.92. The lowest BCUT2D eigenvalue weighted by atomic mass is 10.1. The summed E-state index contributed by atoms with van der Waals surface area (Å²) in [6.45, 7) is 9.82. The van der Waals surface area contributed by atoms with E-state index in [1.54, 1.807) is 0 Å². The fourth-order valence-electron chi connectivity index (χ4n) is 1.45. The molecule has 0 aromatic rings. The average Bonchev–Trinajstić information content (AvgIpc) is 2.12. The van der Waals surface area contributed by atoms with E-state index in [1.807, 2.05) is 20.8 Å². The van der Waals surface area contributed by atoms with E-state index in [-0.39, 0.29) is 0 Å². The van der Waals surface area contributed by atoms with Gasteiger partial charge in [-0.15, -0.1) is 0 Å². The molecule has 4 nitrogen and oxygen atoms in total. The monoisotopic (exact) mass is 230 g/mol. The molecule has 0 aliphatic carbocycles. The van der Waals surface area contributed by atoms with Crippen molar-refractivity contribution in [2.45, 2.75) is 71.9 Å². The summed E-state index contributed by atoms with van der Waals surface area (Å²) in [5, 5.41) is 0. The Labute approximate surface area is 99.1 Å². The van der Waals surface area contributed by atoms with Gasteiger partial charge in [-0.05, 0) is 33.6 Å². The maximum atomic E-state index is 11.4. The van der Waals surface area contributed by atoms with Gasteiger partial charge in [0.25, 0.3) is 0 Å². The first-order chi connectivity index (χ1) is 7.39. The quantitative estimate of drug-likeness (QED) is 0.690. The Morgan fingerprint density at radius 1 is 1.19 bits per heavy atom. The number of hydrazine groups is 1. The number of nitrogens with one attached hydrogen (secondary N) is 2. The van der Waals surface area contributed by atoms with E-state index >= 15 is 0 Å². The normalized spacial score (nSPS) is 11.6. The third kappa shape index (κ3) is 8.53. The molecule has 0 rings (SSSR count). The van der Waals surface area contributed by atoms with Crippen molar-refractivity contribution >= 4 is 6.09 Å².